The molecule has 0 atom stereocenters. The van der Waals surface area contributed by atoms with Crippen LogP contribution in [0.15, 0.2) is 18.2 Å². The average Bonchev–Trinajstić information content (AvgIpc) is 2.59. The number of benzene rings is 1. The van der Waals surface area contributed by atoms with E-state index in [4.69, 9.17) is 11.6 Å². The highest BCUT2D eigenvalue weighted by Crippen LogP contribution is 2.29. The van der Waals surface area contributed by atoms with E-state index >= 15 is 0 Å². The van der Waals surface area contributed by atoms with Crippen LogP contribution in [-0.2, 0) is 11.2 Å². The van der Waals surface area contributed by atoms with Crippen LogP contribution in [0.4, 0.5) is 10.2 Å². The second-order valence-electron chi connectivity index (χ2n) is 6.53. The van der Waals surface area contributed by atoms with Crippen LogP contribution >= 0.6 is 11.6 Å². The Morgan fingerprint density at radius 1 is 1.15 bits per heavy atom. The van der Waals surface area contributed by atoms with Crippen molar-refractivity contribution in [2.45, 2.75) is 27.2 Å². The molecule has 1 fully saturated rings. The van der Waals surface area contributed by atoms with E-state index in [0.29, 0.717) is 49.0 Å². The molecule has 0 saturated carbocycles. The number of halogens is 2. The highest BCUT2D eigenvalue weighted by Gasteiger charge is 2.24. The van der Waals surface area contributed by atoms with Crippen LogP contribution in [0.1, 0.15) is 29.6 Å². The summed E-state index contributed by atoms with van der Waals surface area (Å²) in [4.78, 5) is 24.6. The van der Waals surface area contributed by atoms with Gasteiger partial charge in [0.1, 0.15) is 17.5 Å². The van der Waals surface area contributed by atoms with Gasteiger partial charge < -0.3 is 9.80 Å². The Balaban J connectivity index is 1.95. The highest BCUT2D eigenvalue weighted by molar-refractivity contribution is 6.31. The third-order valence-corrected chi connectivity index (χ3v) is 5.10. The zero-order chi connectivity index (χ0) is 18.8. The van der Waals surface area contributed by atoms with Crippen molar-refractivity contribution in [3.05, 3.63) is 51.7 Å². The Bertz CT molecular complexity index is 814. The number of piperazine rings is 1. The lowest BCUT2D eigenvalue weighted by Crippen LogP contribution is -2.48. The maximum Gasteiger partial charge on any atom is 0.219 e. The number of carbonyl (C=O) groups excluding carboxylic acids is 1. The van der Waals surface area contributed by atoms with Gasteiger partial charge in [-0.15, -0.1) is 0 Å². The van der Waals surface area contributed by atoms with Crippen molar-refractivity contribution < 1.29 is 9.18 Å². The van der Waals surface area contributed by atoms with E-state index in [0.717, 1.165) is 17.1 Å². The van der Waals surface area contributed by atoms with Crippen LogP contribution in [0.5, 0.6) is 0 Å². The van der Waals surface area contributed by atoms with E-state index in [9.17, 15) is 9.18 Å². The Hall–Kier alpha value is -2.21. The first kappa shape index (κ1) is 18.6. The van der Waals surface area contributed by atoms with Crippen LogP contribution in [0.2, 0.25) is 5.02 Å². The third-order valence-electron chi connectivity index (χ3n) is 4.74. The van der Waals surface area contributed by atoms with Crippen LogP contribution in [-0.4, -0.2) is 47.0 Å². The number of rotatable bonds is 3. The van der Waals surface area contributed by atoms with Crippen LogP contribution < -0.4 is 4.90 Å². The molecule has 1 aliphatic rings. The maximum absolute atomic E-state index is 14.3. The fourth-order valence-corrected chi connectivity index (χ4v) is 3.53. The number of hydrogen-bond acceptors (Lipinski definition) is 4. The van der Waals surface area contributed by atoms with Crippen molar-refractivity contribution >= 4 is 23.3 Å². The van der Waals surface area contributed by atoms with E-state index in [1.54, 1.807) is 19.1 Å². The number of carbonyl (C=O) groups is 1. The SMILES string of the molecule is CC(=O)N1CCN(c2nc(C)nc(C)c2Cc2c(F)cccc2Cl)CC1. The molecule has 0 N–H and O–H groups in total. The smallest absolute Gasteiger partial charge is 0.219 e. The van der Waals surface area contributed by atoms with Gasteiger partial charge in [0, 0.05) is 61.4 Å². The average molecular weight is 377 g/mol. The number of aromatic nitrogens is 2. The normalized spacial score (nSPS) is 14.7. The van der Waals surface area contributed by atoms with Gasteiger partial charge in [-0.1, -0.05) is 17.7 Å². The van der Waals surface area contributed by atoms with Gasteiger partial charge in [0.05, 0.1) is 0 Å². The van der Waals surface area contributed by atoms with Crippen molar-refractivity contribution in [1.82, 2.24) is 14.9 Å². The highest BCUT2D eigenvalue weighted by atomic mass is 35.5. The molecule has 1 aromatic heterocycles. The molecule has 1 saturated heterocycles. The molecular weight excluding hydrogens is 355 g/mol. The molecule has 0 unspecified atom stereocenters. The monoisotopic (exact) mass is 376 g/mol. The molecule has 1 amide bonds. The number of anilines is 1. The molecule has 26 heavy (non-hydrogen) atoms. The van der Waals surface area contributed by atoms with E-state index in [-0.39, 0.29) is 11.7 Å². The number of nitrogens with zero attached hydrogens (tertiary/aromatic N) is 4. The fraction of sp³-hybridized carbons (Fsp3) is 0.421. The van der Waals surface area contributed by atoms with Crippen LogP contribution in [0, 0.1) is 19.7 Å². The predicted octanol–water partition coefficient (Wildman–Crippen LogP) is 3.15. The van der Waals surface area contributed by atoms with Gasteiger partial charge >= 0.3 is 0 Å². The Kier molecular flexibility index (Phi) is 5.41. The van der Waals surface area contributed by atoms with Crippen LogP contribution in [0.25, 0.3) is 0 Å². The molecule has 0 aliphatic carbocycles. The van der Waals surface area contributed by atoms with Crippen molar-refractivity contribution in [2.75, 3.05) is 31.1 Å². The van der Waals surface area contributed by atoms with Gasteiger partial charge in [-0.3, -0.25) is 4.79 Å². The Morgan fingerprint density at radius 2 is 1.85 bits per heavy atom. The molecule has 5 nitrogen and oxygen atoms in total. The first-order valence-corrected chi connectivity index (χ1v) is 9.02. The lowest BCUT2D eigenvalue weighted by molar-refractivity contribution is -0.129. The van der Waals surface area contributed by atoms with Gasteiger partial charge in [-0.05, 0) is 26.0 Å². The molecule has 2 heterocycles. The molecule has 0 bridgehead atoms. The second-order valence-corrected chi connectivity index (χ2v) is 6.94. The summed E-state index contributed by atoms with van der Waals surface area (Å²) in [5.74, 6) is 1.23. The molecule has 2 aromatic rings. The van der Waals surface area contributed by atoms with E-state index in [1.807, 2.05) is 18.7 Å². The summed E-state index contributed by atoms with van der Waals surface area (Å²) in [7, 11) is 0. The molecule has 138 valence electrons. The molecule has 0 spiro atoms. The summed E-state index contributed by atoms with van der Waals surface area (Å²) >= 11 is 6.22. The molecular formula is C19H22ClFN4O. The van der Waals surface area contributed by atoms with Gasteiger partial charge in [0.2, 0.25) is 5.91 Å². The van der Waals surface area contributed by atoms with Gasteiger partial charge in [0.25, 0.3) is 0 Å². The van der Waals surface area contributed by atoms with Crippen molar-refractivity contribution in [1.29, 1.82) is 0 Å². The predicted molar refractivity (Wildman–Crippen MR) is 100 cm³/mol. The zero-order valence-corrected chi connectivity index (χ0v) is 16.0. The fourth-order valence-electron chi connectivity index (χ4n) is 3.30. The van der Waals surface area contributed by atoms with Gasteiger partial charge in [-0.2, -0.15) is 0 Å². The maximum atomic E-state index is 14.3. The standard InChI is InChI=1S/C19H22ClFN4O/c1-12-15(11-16-17(20)5-4-6-18(16)21)19(23-13(2)22-12)25-9-7-24(8-10-25)14(3)26/h4-6H,7-11H2,1-3H3. The molecule has 7 heteroatoms. The van der Waals surface area contributed by atoms with E-state index in [2.05, 4.69) is 14.9 Å². The number of aryl methyl sites for hydroxylation is 2. The molecule has 3 rings (SSSR count). The molecule has 1 aliphatic heterocycles. The molecule has 0 radical (unpaired) electrons. The van der Waals surface area contributed by atoms with Crippen molar-refractivity contribution in [3.8, 4) is 0 Å². The van der Waals surface area contributed by atoms with E-state index < -0.39 is 0 Å². The van der Waals surface area contributed by atoms with E-state index in [1.165, 1.54) is 6.07 Å². The second kappa shape index (κ2) is 7.58. The Morgan fingerprint density at radius 3 is 2.46 bits per heavy atom. The summed E-state index contributed by atoms with van der Waals surface area (Å²) in [6.07, 6.45) is 0.333. The minimum atomic E-state index is -0.329. The summed E-state index contributed by atoms with van der Waals surface area (Å²) in [6.45, 7) is 8.02. The summed E-state index contributed by atoms with van der Waals surface area (Å²) in [6, 6.07) is 4.70. The number of amides is 1. The minimum absolute atomic E-state index is 0.0815. The summed E-state index contributed by atoms with van der Waals surface area (Å²) < 4.78 is 14.3. The molecule has 1 aromatic carbocycles. The quantitative estimate of drug-likeness (QED) is 0.825. The van der Waals surface area contributed by atoms with Gasteiger partial charge in [-0.25, -0.2) is 14.4 Å². The van der Waals surface area contributed by atoms with Crippen molar-refractivity contribution in [2.24, 2.45) is 0 Å². The van der Waals surface area contributed by atoms with Gasteiger partial charge in [0.15, 0.2) is 0 Å². The van der Waals surface area contributed by atoms with Crippen molar-refractivity contribution in [3.63, 3.8) is 0 Å². The summed E-state index contributed by atoms with van der Waals surface area (Å²) in [5.41, 5.74) is 2.15. The number of hydrogen-bond donors (Lipinski definition) is 0. The minimum Gasteiger partial charge on any atom is -0.353 e. The van der Waals surface area contributed by atoms with Crippen LogP contribution in [0.3, 0.4) is 0 Å². The Labute approximate surface area is 157 Å². The lowest BCUT2D eigenvalue weighted by atomic mass is 10.0. The largest absolute Gasteiger partial charge is 0.353 e. The first-order valence-electron chi connectivity index (χ1n) is 8.64. The zero-order valence-electron chi connectivity index (χ0n) is 15.2. The lowest BCUT2D eigenvalue weighted by Gasteiger charge is -2.36. The summed E-state index contributed by atoms with van der Waals surface area (Å²) in [5, 5.41) is 0.400. The topological polar surface area (TPSA) is 49.3 Å². The first-order chi connectivity index (χ1) is 12.4. The third kappa shape index (κ3) is 3.80.